The molecular weight excluding hydrogens is 334 g/mol. The van der Waals surface area contributed by atoms with Gasteiger partial charge in [-0.2, -0.15) is 0 Å². The second kappa shape index (κ2) is 5.77. The third-order valence-corrected chi connectivity index (χ3v) is 5.13. The lowest BCUT2D eigenvalue weighted by Crippen LogP contribution is -2.28. The van der Waals surface area contributed by atoms with Crippen molar-refractivity contribution in [2.75, 3.05) is 0 Å². The van der Waals surface area contributed by atoms with E-state index in [-0.39, 0.29) is 22.6 Å². The summed E-state index contributed by atoms with van der Waals surface area (Å²) in [5.74, 6) is -0.569. The zero-order valence-corrected chi connectivity index (χ0v) is 13.8. The van der Waals surface area contributed by atoms with E-state index >= 15 is 0 Å². The number of fused-ring (bicyclic) bond motifs is 1. The summed E-state index contributed by atoms with van der Waals surface area (Å²) in [6, 6.07) is 7.38. The fraction of sp³-hybridized carbons (Fsp3) is 0.200. The van der Waals surface area contributed by atoms with Crippen LogP contribution < -0.4 is 16.0 Å². The number of rotatable bonds is 4. The average Bonchev–Trinajstić information content (AvgIpc) is 2.83. The highest BCUT2D eigenvalue weighted by atomic mass is 32.2. The van der Waals surface area contributed by atoms with Crippen LogP contribution in [0.3, 0.4) is 0 Å². The molecule has 1 N–H and O–H groups in total. The van der Waals surface area contributed by atoms with Crippen LogP contribution in [-0.4, -0.2) is 17.6 Å². The number of aryl methyl sites for hydroxylation is 2. The molecule has 0 atom stereocenters. The van der Waals surface area contributed by atoms with Gasteiger partial charge in [-0.05, 0) is 18.2 Å². The van der Waals surface area contributed by atoms with Crippen molar-refractivity contribution in [2.45, 2.75) is 11.4 Å². The Bertz CT molecular complexity index is 1140. The minimum atomic E-state index is -3.85. The van der Waals surface area contributed by atoms with Gasteiger partial charge in [-0.25, -0.2) is 17.9 Å². The molecule has 0 fully saturated rings. The lowest BCUT2D eigenvalue weighted by atomic mass is 10.3. The summed E-state index contributed by atoms with van der Waals surface area (Å²) >= 11 is 0. The molecule has 2 aromatic heterocycles. The Morgan fingerprint density at radius 3 is 2.67 bits per heavy atom. The SMILES string of the molecule is Cn1cccc(CNS(=O)(=O)c2ccc3c(c2)oc(=O)n3C)c1=O. The summed E-state index contributed by atoms with van der Waals surface area (Å²) < 4.78 is 34.8. The fourth-order valence-electron chi connectivity index (χ4n) is 2.33. The lowest BCUT2D eigenvalue weighted by molar-refractivity contribution is 0.527. The molecule has 24 heavy (non-hydrogen) atoms. The molecule has 0 bridgehead atoms. The van der Waals surface area contributed by atoms with E-state index in [1.165, 1.54) is 34.4 Å². The summed E-state index contributed by atoms with van der Waals surface area (Å²) in [5, 5.41) is 0. The Morgan fingerprint density at radius 1 is 1.17 bits per heavy atom. The van der Waals surface area contributed by atoms with E-state index in [9.17, 15) is 18.0 Å². The number of sulfonamides is 1. The second-order valence-electron chi connectivity index (χ2n) is 5.33. The Kier molecular flexibility index (Phi) is 3.90. The van der Waals surface area contributed by atoms with Crippen molar-refractivity contribution < 1.29 is 12.8 Å². The molecule has 0 saturated heterocycles. The highest BCUT2D eigenvalue weighted by Crippen LogP contribution is 2.18. The first kappa shape index (κ1) is 16.2. The van der Waals surface area contributed by atoms with Gasteiger partial charge >= 0.3 is 5.76 Å². The van der Waals surface area contributed by atoms with E-state index in [0.29, 0.717) is 11.1 Å². The Balaban J connectivity index is 1.92. The molecule has 0 aliphatic rings. The maximum Gasteiger partial charge on any atom is 0.419 e. The molecule has 0 unspecified atom stereocenters. The van der Waals surface area contributed by atoms with Crippen LogP contribution >= 0.6 is 0 Å². The molecule has 1 aromatic carbocycles. The average molecular weight is 349 g/mol. The topological polar surface area (TPSA) is 103 Å². The lowest BCUT2D eigenvalue weighted by Gasteiger charge is -2.07. The van der Waals surface area contributed by atoms with Crippen molar-refractivity contribution in [3.05, 3.63) is 63.0 Å². The van der Waals surface area contributed by atoms with Crippen molar-refractivity contribution >= 4 is 21.1 Å². The number of pyridine rings is 1. The highest BCUT2D eigenvalue weighted by Gasteiger charge is 2.17. The fourth-order valence-corrected chi connectivity index (χ4v) is 3.35. The first-order chi connectivity index (χ1) is 11.3. The maximum absolute atomic E-state index is 12.4. The van der Waals surface area contributed by atoms with Gasteiger partial charge in [0.1, 0.15) is 0 Å². The first-order valence-electron chi connectivity index (χ1n) is 7.03. The molecule has 0 saturated carbocycles. The molecule has 0 aliphatic carbocycles. The van der Waals surface area contributed by atoms with Gasteiger partial charge in [0.15, 0.2) is 5.58 Å². The largest absolute Gasteiger partial charge is 0.419 e. The third kappa shape index (κ3) is 2.79. The van der Waals surface area contributed by atoms with Crippen LogP contribution in [0.1, 0.15) is 5.56 Å². The van der Waals surface area contributed by atoms with Gasteiger partial charge in [-0.15, -0.1) is 0 Å². The number of hydrogen-bond donors (Lipinski definition) is 1. The molecule has 0 aliphatic heterocycles. The van der Waals surface area contributed by atoms with Gasteiger partial charge in [0.05, 0.1) is 10.4 Å². The van der Waals surface area contributed by atoms with Crippen LogP contribution in [0.4, 0.5) is 0 Å². The van der Waals surface area contributed by atoms with Crippen LogP contribution in [0.2, 0.25) is 0 Å². The predicted molar refractivity (Wildman–Crippen MR) is 87.2 cm³/mol. The molecule has 0 radical (unpaired) electrons. The molecule has 8 nitrogen and oxygen atoms in total. The number of nitrogens with one attached hydrogen (secondary N) is 1. The van der Waals surface area contributed by atoms with Gasteiger partial charge in [-0.3, -0.25) is 9.36 Å². The smallest absolute Gasteiger partial charge is 0.408 e. The van der Waals surface area contributed by atoms with Gasteiger partial charge < -0.3 is 8.98 Å². The van der Waals surface area contributed by atoms with Crippen molar-refractivity contribution in [2.24, 2.45) is 14.1 Å². The van der Waals surface area contributed by atoms with E-state index in [1.54, 1.807) is 25.4 Å². The van der Waals surface area contributed by atoms with E-state index in [2.05, 4.69) is 4.72 Å². The number of benzene rings is 1. The summed E-state index contributed by atoms with van der Waals surface area (Å²) in [6.07, 6.45) is 1.59. The monoisotopic (exact) mass is 349 g/mol. The summed E-state index contributed by atoms with van der Waals surface area (Å²) in [6.45, 7) is -0.132. The van der Waals surface area contributed by atoms with E-state index in [4.69, 9.17) is 4.42 Å². The summed E-state index contributed by atoms with van der Waals surface area (Å²) in [5.41, 5.74) is 0.734. The Labute approximate surface area is 137 Å². The van der Waals surface area contributed by atoms with Gasteiger partial charge in [0.25, 0.3) is 5.56 Å². The molecule has 2 heterocycles. The Hall–Kier alpha value is -2.65. The van der Waals surface area contributed by atoms with Gasteiger partial charge in [0, 0.05) is 38.5 Å². The Morgan fingerprint density at radius 2 is 1.92 bits per heavy atom. The minimum Gasteiger partial charge on any atom is -0.408 e. The van der Waals surface area contributed by atoms with Crippen LogP contribution in [0.25, 0.3) is 11.1 Å². The van der Waals surface area contributed by atoms with Crippen LogP contribution in [0.15, 0.2) is 55.4 Å². The molecule has 3 rings (SSSR count). The van der Waals surface area contributed by atoms with Crippen molar-refractivity contribution in [1.82, 2.24) is 13.9 Å². The van der Waals surface area contributed by atoms with Crippen LogP contribution in [-0.2, 0) is 30.7 Å². The highest BCUT2D eigenvalue weighted by molar-refractivity contribution is 7.89. The zero-order chi connectivity index (χ0) is 17.5. The number of nitrogens with zero attached hydrogens (tertiary/aromatic N) is 2. The first-order valence-corrected chi connectivity index (χ1v) is 8.52. The molecule has 9 heteroatoms. The predicted octanol–water partition coefficient (Wildman–Crippen LogP) is 0.309. The van der Waals surface area contributed by atoms with Gasteiger partial charge in [0.2, 0.25) is 10.0 Å². The third-order valence-electron chi connectivity index (χ3n) is 3.73. The molecular formula is C15H15N3O5S. The zero-order valence-electron chi connectivity index (χ0n) is 13.0. The normalized spacial score (nSPS) is 11.9. The van der Waals surface area contributed by atoms with Crippen LogP contribution in [0, 0.1) is 0 Å². The second-order valence-corrected chi connectivity index (χ2v) is 7.10. The van der Waals surface area contributed by atoms with E-state index in [0.717, 1.165) is 0 Å². The quantitative estimate of drug-likeness (QED) is 0.730. The molecule has 126 valence electrons. The van der Waals surface area contributed by atoms with Gasteiger partial charge in [-0.1, -0.05) is 6.07 Å². The minimum absolute atomic E-state index is 0.0443. The number of oxazole rings is 1. The summed E-state index contributed by atoms with van der Waals surface area (Å²) in [4.78, 5) is 23.3. The van der Waals surface area contributed by atoms with E-state index in [1.807, 2.05) is 0 Å². The number of aromatic nitrogens is 2. The summed E-state index contributed by atoms with van der Waals surface area (Å²) in [7, 11) is -0.730. The van der Waals surface area contributed by atoms with Crippen LogP contribution in [0.5, 0.6) is 0 Å². The van der Waals surface area contributed by atoms with Crippen molar-refractivity contribution in [1.29, 1.82) is 0 Å². The maximum atomic E-state index is 12.4. The molecule has 0 spiro atoms. The standard InChI is InChI=1S/C15H15N3O5S/c1-17-7-3-4-10(14(17)19)9-16-24(21,22)11-5-6-12-13(8-11)23-15(20)18(12)2/h3-8,16H,9H2,1-2H3. The van der Waals surface area contributed by atoms with Crippen molar-refractivity contribution in [3.8, 4) is 0 Å². The molecule has 0 amide bonds. The number of hydrogen-bond acceptors (Lipinski definition) is 5. The van der Waals surface area contributed by atoms with E-state index < -0.39 is 15.8 Å². The molecule has 3 aromatic rings. The van der Waals surface area contributed by atoms with Crippen molar-refractivity contribution in [3.63, 3.8) is 0 Å².